The third-order valence-electron chi connectivity index (χ3n) is 3.38. The van der Waals surface area contributed by atoms with E-state index in [0.717, 1.165) is 19.3 Å². The van der Waals surface area contributed by atoms with Gasteiger partial charge in [-0.15, -0.1) is 0 Å². The molecule has 0 aromatic heterocycles. The van der Waals surface area contributed by atoms with E-state index in [2.05, 4.69) is 5.32 Å². The Morgan fingerprint density at radius 3 is 2.47 bits per heavy atom. The monoisotopic (exact) mass is 281 g/mol. The molecule has 0 saturated carbocycles. The van der Waals surface area contributed by atoms with Crippen LogP contribution in [0, 0.1) is 5.92 Å². The standard InChI is InChI=1S/C12H22F3N3O/c1-9(16)11(19)17-5-2-10-3-6-18(7-4-10)8-12(13,14)15/h9-10H,2-8,16H2,1H3,(H,17,19)/t9-/m1/s1. The predicted octanol–water partition coefficient (Wildman–Crippen LogP) is 1.11. The fourth-order valence-electron chi connectivity index (χ4n) is 2.25. The van der Waals surface area contributed by atoms with Gasteiger partial charge in [0.25, 0.3) is 0 Å². The highest BCUT2D eigenvalue weighted by atomic mass is 19.4. The van der Waals surface area contributed by atoms with Gasteiger partial charge in [-0.1, -0.05) is 0 Å². The van der Waals surface area contributed by atoms with Crippen molar-refractivity contribution >= 4 is 5.91 Å². The van der Waals surface area contributed by atoms with Gasteiger partial charge in [0, 0.05) is 6.54 Å². The fraction of sp³-hybridized carbons (Fsp3) is 0.917. The summed E-state index contributed by atoms with van der Waals surface area (Å²) in [5, 5.41) is 2.72. The summed E-state index contributed by atoms with van der Waals surface area (Å²) in [6.45, 7) is 2.30. The number of amides is 1. The zero-order chi connectivity index (χ0) is 14.5. The van der Waals surface area contributed by atoms with Crippen LogP contribution in [0.3, 0.4) is 0 Å². The Kier molecular flexibility index (Phi) is 6.06. The second-order valence-electron chi connectivity index (χ2n) is 5.20. The molecule has 1 fully saturated rings. The number of piperidine rings is 1. The molecule has 1 amide bonds. The summed E-state index contributed by atoms with van der Waals surface area (Å²) in [6.07, 6.45) is -1.80. The van der Waals surface area contributed by atoms with Gasteiger partial charge in [0.2, 0.25) is 5.91 Å². The quantitative estimate of drug-likeness (QED) is 0.794. The lowest BCUT2D eigenvalue weighted by Gasteiger charge is -2.32. The second kappa shape index (κ2) is 7.09. The van der Waals surface area contributed by atoms with Crippen molar-refractivity contribution in [3.05, 3.63) is 0 Å². The minimum atomic E-state index is -4.11. The summed E-state index contributed by atoms with van der Waals surface area (Å²) < 4.78 is 36.6. The van der Waals surface area contributed by atoms with Crippen LogP contribution >= 0.6 is 0 Å². The van der Waals surface area contributed by atoms with E-state index in [9.17, 15) is 18.0 Å². The molecule has 0 radical (unpaired) electrons. The maximum atomic E-state index is 12.2. The first-order chi connectivity index (χ1) is 8.78. The number of rotatable bonds is 5. The Morgan fingerprint density at radius 1 is 1.42 bits per heavy atom. The van der Waals surface area contributed by atoms with Gasteiger partial charge in [-0.25, -0.2) is 0 Å². The van der Waals surface area contributed by atoms with Crippen LogP contribution in [0.15, 0.2) is 0 Å². The summed E-state index contributed by atoms with van der Waals surface area (Å²) in [6, 6.07) is -0.520. The number of nitrogens with one attached hydrogen (secondary N) is 1. The SMILES string of the molecule is C[C@@H](N)C(=O)NCCC1CCN(CC(F)(F)F)CC1. The number of likely N-dealkylation sites (tertiary alicyclic amines) is 1. The molecule has 19 heavy (non-hydrogen) atoms. The first kappa shape index (κ1) is 16.2. The fourth-order valence-corrected chi connectivity index (χ4v) is 2.25. The number of halogens is 3. The van der Waals surface area contributed by atoms with Crippen molar-refractivity contribution in [2.45, 2.75) is 38.4 Å². The molecule has 3 N–H and O–H groups in total. The molecule has 0 spiro atoms. The summed E-state index contributed by atoms with van der Waals surface area (Å²) in [7, 11) is 0. The van der Waals surface area contributed by atoms with Gasteiger partial charge < -0.3 is 11.1 Å². The van der Waals surface area contributed by atoms with Crippen molar-refractivity contribution < 1.29 is 18.0 Å². The molecule has 0 bridgehead atoms. The van der Waals surface area contributed by atoms with E-state index in [-0.39, 0.29) is 5.91 Å². The van der Waals surface area contributed by atoms with Gasteiger partial charge in [0.1, 0.15) is 0 Å². The Morgan fingerprint density at radius 2 is 2.00 bits per heavy atom. The molecule has 0 aromatic carbocycles. The molecule has 4 nitrogen and oxygen atoms in total. The smallest absolute Gasteiger partial charge is 0.355 e. The van der Waals surface area contributed by atoms with Crippen molar-refractivity contribution in [1.29, 1.82) is 0 Å². The molecular formula is C12H22F3N3O. The molecule has 0 unspecified atom stereocenters. The topological polar surface area (TPSA) is 58.4 Å². The minimum absolute atomic E-state index is 0.186. The van der Waals surface area contributed by atoms with Crippen molar-refractivity contribution in [3.63, 3.8) is 0 Å². The zero-order valence-electron chi connectivity index (χ0n) is 11.2. The average molecular weight is 281 g/mol. The van der Waals surface area contributed by atoms with E-state index in [1.54, 1.807) is 6.92 Å². The highest BCUT2D eigenvalue weighted by Crippen LogP contribution is 2.23. The van der Waals surface area contributed by atoms with Crippen LogP contribution in [0.5, 0.6) is 0 Å². The predicted molar refractivity (Wildman–Crippen MR) is 66.5 cm³/mol. The van der Waals surface area contributed by atoms with Gasteiger partial charge >= 0.3 is 6.18 Å². The van der Waals surface area contributed by atoms with Crippen LogP contribution < -0.4 is 11.1 Å². The number of carbonyl (C=O) groups is 1. The Balaban J connectivity index is 2.15. The van der Waals surface area contributed by atoms with Crippen molar-refractivity contribution in [3.8, 4) is 0 Å². The van der Waals surface area contributed by atoms with E-state index in [0.29, 0.717) is 25.6 Å². The van der Waals surface area contributed by atoms with Crippen molar-refractivity contribution in [1.82, 2.24) is 10.2 Å². The number of alkyl halides is 3. The lowest BCUT2D eigenvalue weighted by Crippen LogP contribution is -2.41. The largest absolute Gasteiger partial charge is 0.401 e. The van der Waals surface area contributed by atoms with Crippen LogP contribution in [0.2, 0.25) is 0 Å². The third-order valence-corrected chi connectivity index (χ3v) is 3.38. The molecule has 0 aromatic rings. The summed E-state index contributed by atoms with van der Waals surface area (Å²) in [5.41, 5.74) is 5.41. The lowest BCUT2D eigenvalue weighted by atomic mass is 9.93. The second-order valence-corrected chi connectivity index (χ2v) is 5.20. The van der Waals surface area contributed by atoms with Gasteiger partial charge in [0.15, 0.2) is 0 Å². The molecule has 1 atom stereocenters. The molecule has 1 heterocycles. The third kappa shape index (κ3) is 6.77. The van der Waals surface area contributed by atoms with E-state index in [1.807, 2.05) is 0 Å². The molecule has 1 aliphatic rings. The number of nitrogens with zero attached hydrogens (tertiary/aromatic N) is 1. The van der Waals surface area contributed by atoms with Crippen LogP contribution in [0.1, 0.15) is 26.2 Å². The van der Waals surface area contributed by atoms with Crippen molar-refractivity contribution in [2.75, 3.05) is 26.2 Å². The average Bonchev–Trinajstić information content (AvgIpc) is 2.29. The first-order valence-electron chi connectivity index (χ1n) is 6.60. The highest BCUT2D eigenvalue weighted by molar-refractivity contribution is 5.80. The number of carbonyl (C=O) groups excluding carboxylic acids is 1. The maximum absolute atomic E-state index is 12.2. The van der Waals surface area contributed by atoms with Crippen molar-refractivity contribution in [2.24, 2.45) is 11.7 Å². The minimum Gasteiger partial charge on any atom is -0.355 e. The van der Waals surface area contributed by atoms with Gasteiger partial charge in [-0.3, -0.25) is 9.69 Å². The van der Waals surface area contributed by atoms with E-state index in [4.69, 9.17) is 5.73 Å². The van der Waals surface area contributed by atoms with E-state index in [1.165, 1.54) is 4.90 Å². The molecule has 1 rings (SSSR count). The summed E-state index contributed by atoms with van der Waals surface area (Å²) in [5.74, 6) is 0.201. The Hall–Kier alpha value is -0.820. The summed E-state index contributed by atoms with van der Waals surface area (Å²) >= 11 is 0. The number of hydrogen-bond donors (Lipinski definition) is 2. The van der Waals surface area contributed by atoms with Gasteiger partial charge in [0.05, 0.1) is 12.6 Å². The maximum Gasteiger partial charge on any atom is 0.401 e. The summed E-state index contributed by atoms with van der Waals surface area (Å²) in [4.78, 5) is 12.7. The zero-order valence-corrected chi connectivity index (χ0v) is 11.2. The molecule has 1 saturated heterocycles. The van der Waals surface area contributed by atoms with Gasteiger partial charge in [-0.2, -0.15) is 13.2 Å². The Labute approximate surface area is 111 Å². The molecule has 112 valence electrons. The molecule has 0 aliphatic carbocycles. The van der Waals surface area contributed by atoms with Crippen LogP contribution in [-0.2, 0) is 4.79 Å². The molecule has 1 aliphatic heterocycles. The molecular weight excluding hydrogens is 259 g/mol. The van der Waals surface area contributed by atoms with Crippen LogP contribution in [0.25, 0.3) is 0 Å². The van der Waals surface area contributed by atoms with E-state index < -0.39 is 18.8 Å². The number of nitrogens with two attached hydrogens (primary N) is 1. The first-order valence-corrected chi connectivity index (χ1v) is 6.60. The Bertz CT molecular complexity index is 286. The number of hydrogen-bond acceptors (Lipinski definition) is 3. The van der Waals surface area contributed by atoms with Gasteiger partial charge in [-0.05, 0) is 45.2 Å². The normalized spacial score (nSPS) is 20.3. The molecule has 7 heteroatoms. The van der Waals surface area contributed by atoms with Crippen LogP contribution in [-0.4, -0.2) is 49.2 Å². The highest BCUT2D eigenvalue weighted by Gasteiger charge is 2.32. The lowest BCUT2D eigenvalue weighted by molar-refractivity contribution is -0.148. The van der Waals surface area contributed by atoms with Crippen LogP contribution in [0.4, 0.5) is 13.2 Å². The van der Waals surface area contributed by atoms with E-state index >= 15 is 0 Å².